The lowest BCUT2D eigenvalue weighted by Gasteiger charge is -2.37. The van der Waals surface area contributed by atoms with Gasteiger partial charge in [-0.2, -0.15) is 18.4 Å². The number of nitrogens with one attached hydrogen (secondary N) is 2. The van der Waals surface area contributed by atoms with Gasteiger partial charge >= 0.3 is 11.5 Å². The van der Waals surface area contributed by atoms with E-state index >= 15 is 0 Å². The number of aromatic nitrogens is 2. The third kappa shape index (κ3) is 5.56. The maximum Gasteiger partial charge on any atom is 0.501 e. The van der Waals surface area contributed by atoms with Crippen molar-refractivity contribution >= 4 is 21.6 Å². The number of nitrogens with zero attached hydrogens (tertiary/aromatic N) is 3. The molecule has 0 aliphatic heterocycles. The molecule has 2 N–H and O–H groups in total. The summed E-state index contributed by atoms with van der Waals surface area (Å²) in [4.78, 5) is 20.3. The summed E-state index contributed by atoms with van der Waals surface area (Å²) in [6.07, 6.45) is 5.66. The SMILES string of the molecule is N#Cc1nccc(C2(NC(=O)Nc3ccc(-c4ccc(S(=O)(=O)C(F)(F)F)cc4)cc3)CCCCC2)n1. The van der Waals surface area contributed by atoms with Crippen molar-refractivity contribution in [2.75, 3.05) is 5.32 Å². The molecule has 4 rings (SSSR count). The van der Waals surface area contributed by atoms with Crippen LogP contribution in [-0.4, -0.2) is 29.9 Å². The molecule has 1 heterocycles. The first-order valence-corrected chi connectivity index (χ1v) is 12.9. The number of amides is 2. The predicted octanol–water partition coefficient (Wildman–Crippen LogP) is 5.29. The van der Waals surface area contributed by atoms with Crippen LogP contribution in [0.2, 0.25) is 0 Å². The predicted molar refractivity (Wildman–Crippen MR) is 129 cm³/mol. The molecule has 0 radical (unpaired) electrons. The molecular weight excluding hydrogens is 507 g/mol. The maximum atomic E-state index is 12.9. The number of sulfone groups is 1. The van der Waals surface area contributed by atoms with Gasteiger partial charge in [0, 0.05) is 11.9 Å². The molecule has 1 aromatic heterocycles. The van der Waals surface area contributed by atoms with E-state index in [1.807, 2.05) is 6.07 Å². The zero-order chi connectivity index (χ0) is 26.7. The van der Waals surface area contributed by atoms with Crippen molar-refractivity contribution < 1.29 is 26.4 Å². The van der Waals surface area contributed by atoms with E-state index in [0.717, 1.165) is 31.4 Å². The Morgan fingerprint density at radius 3 is 2.11 bits per heavy atom. The first kappa shape index (κ1) is 26.1. The van der Waals surface area contributed by atoms with Gasteiger partial charge in [0.25, 0.3) is 9.84 Å². The minimum atomic E-state index is -5.42. The summed E-state index contributed by atoms with van der Waals surface area (Å²) in [6.45, 7) is 0. The Kier molecular flexibility index (Phi) is 7.18. The number of anilines is 1. The van der Waals surface area contributed by atoms with Crippen LogP contribution >= 0.6 is 0 Å². The van der Waals surface area contributed by atoms with Gasteiger partial charge in [0.15, 0.2) is 0 Å². The number of hydrogen-bond donors (Lipinski definition) is 2. The molecular formula is C25H22F3N5O3S. The summed E-state index contributed by atoms with van der Waals surface area (Å²) < 4.78 is 61.3. The van der Waals surface area contributed by atoms with Gasteiger partial charge in [0.2, 0.25) is 5.82 Å². The number of urea groups is 1. The van der Waals surface area contributed by atoms with Crippen LogP contribution in [0, 0.1) is 11.3 Å². The van der Waals surface area contributed by atoms with Crippen LogP contribution in [0.4, 0.5) is 23.7 Å². The number of hydrogen-bond acceptors (Lipinski definition) is 6. The van der Waals surface area contributed by atoms with E-state index in [4.69, 9.17) is 5.26 Å². The van der Waals surface area contributed by atoms with Gasteiger partial charge in [-0.05, 0) is 54.3 Å². The van der Waals surface area contributed by atoms with Gasteiger partial charge in [0.1, 0.15) is 6.07 Å². The molecule has 0 atom stereocenters. The third-order valence-corrected chi connectivity index (χ3v) is 7.75. The van der Waals surface area contributed by atoms with Crippen molar-refractivity contribution in [2.45, 2.75) is 48.0 Å². The molecule has 0 bridgehead atoms. The molecule has 12 heteroatoms. The van der Waals surface area contributed by atoms with Crippen molar-refractivity contribution in [1.29, 1.82) is 5.26 Å². The Morgan fingerprint density at radius 2 is 1.54 bits per heavy atom. The fourth-order valence-electron chi connectivity index (χ4n) is 4.37. The highest BCUT2D eigenvalue weighted by Crippen LogP contribution is 2.36. The van der Waals surface area contributed by atoms with Crippen molar-refractivity contribution in [2.24, 2.45) is 0 Å². The molecule has 2 aromatic carbocycles. The number of nitriles is 1. The molecule has 2 amide bonds. The van der Waals surface area contributed by atoms with E-state index in [2.05, 4.69) is 20.6 Å². The molecule has 0 spiro atoms. The number of rotatable bonds is 5. The van der Waals surface area contributed by atoms with Crippen molar-refractivity contribution in [1.82, 2.24) is 15.3 Å². The topological polar surface area (TPSA) is 125 Å². The summed E-state index contributed by atoms with van der Waals surface area (Å²) in [5.41, 5.74) is -3.91. The average Bonchev–Trinajstić information content (AvgIpc) is 2.89. The molecule has 3 aromatic rings. The summed E-state index contributed by atoms with van der Waals surface area (Å²) in [7, 11) is -5.42. The number of carbonyl (C=O) groups excluding carboxylic acids is 1. The lowest BCUT2D eigenvalue weighted by Crippen LogP contribution is -2.49. The van der Waals surface area contributed by atoms with Gasteiger partial charge in [-0.25, -0.2) is 23.2 Å². The van der Waals surface area contributed by atoms with E-state index in [1.54, 1.807) is 30.3 Å². The molecule has 192 valence electrons. The summed E-state index contributed by atoms with van der Waals surface area (Å²) in [6, 6.07) is 14.1. The highest BCUT2D eigenvalue weighted by molar-refractivity contribution is 7.92. The smallest absolute Gasteiger partial charge is 0.327 e. The van der Waals surface area contributed by atoms with Gasteiger partial charge < -0.3 is 10.6 Å². The van der Waals surface area contributed by atoms with Gasteiger partial charge in [-0.1, -0.05) is 43.5 Å². The van der Waals surface area contributed by atoms with E-state index in [1.165, 1.54) is 18.3 Å². The van der Waals surface area contributed by atoms with E-state index < -0.39 is 31.8 Å². The lowest BCUT2D eigenvalue weighted by atomic mass is 9.79. The summed E-state index contributed by atoms with van der Waals surface area (Å²) >= 11 is 0. The van der Waals surface area contributed by atoms with Crippen LogP contribution in [0.25, 0.3) is 11.1 Å². The highest BCUT2D eigenvalue weighted by atomic mass is 32.2. The summed E-state index contributed by atoms with van der Waals surface area (Å²) in [5, 5.41) is 15.0. The lowest BCUT2D eigenvalue weighted by molar-refractivity contribution is -0.0436. The fourth-order valence-corrected chi connectivity index (χ4v) is 5.13. The molecule has 0 unspecified atom stereocenters. The monoisotopic (exact) mass is 529 g/mol. The number of halogens is 3. The second kappa shape index (κ2) is 10.2. The van der Waals surface area contributed by atoms with Gasteiger partial charge in [-0.3, -0.25) is 0 Å². The van der Waals surface area contributed by atoms with Crippen molar-refractivity contribution in [3.05, 3.63) is 72.3 Å². The molecule has 1 saturated carbocycles. The molecule has 1 aliphatic carbocycles. The molecule has 37 heavy (non-hydrogen) atoms. The normalized spacial score (nSPS) is 15.4. The van der Waals surface area contributed by atoms with E-state index in [0.29, 0.717) is 35.3 Å². The first-order valence-electron chi connectivity index (χ1n) is 11.4. The van der Waals surface area contributed by atoms with Crippen LogP contribution in [0.3, 0.4) is 0 Å². The molecule has 8 nitrogen and oxygen atoms in total. The fraction of sp³-hybridized carbons (Fsp3) is 0.280. The second-order valence-corrected chi connectivity index (χ2v) is 10.6. The van der Waals surface area contributed by atoms with Crippen molar-refractivity contribution in [3.8, 4) is 17.2 Å². The number of carbonyl (C=O) groups is 1. The Labute approximate surface area is 211 Å². The van der Waals surface area contributed by atoms with Crippen LogP contribution in [-0.2, 0) is 15.4 Å². The third-order valence-electron chi connectivity index (χ3n) is 6.25. The van der Waals surface area contributed by atoms with E-state index in [9.17, 15) is 26.4 Å². The maximum absolute atomic E-state index is 12.9. The number of alkyl halides is 3. The Balaban J connectivity index is 1.47. The largest absolute Gasteiger partial charge is 0.501 e. The van der Waals surface area contributed by atoms with Crippen LogP contribution < -0.4 is 10.6 Å². The minimum Gasteiger partial charge on any atom is -0.327 e. The van der Waals surface area contributed by atoms with Crippen LogP contribution in [0.1, 0.15) is 43.6 Å². The second-order valence-electron chi connectivity index (χ2n) is 8.65. The molecule has 0 saturated heterocycles. The highest BCUT2D eigenvalue weighted by Gasteiger charge is 2.46. The van der Waals surface area contributed by atoms with Crippen LogP contribution in [0.15, 0.2) is 65.7 Å². The average molecular weight is 530 g/mol. The van der Waals surface area contributed by atoms with E-state index in [-0.39, 0.29) is 5.82 Å². The van der Waals surface area contributed by atoms with Gasteiger partial charge in [-0.15, -0.1) is 0 Å². The zero-order valence-electron chi connectivity index (χ0n) is 19.4. The first-order chi connectivity index (χ1) is 17.5. The van der Waals surface area contributed by atoms with Crippen molar-refractivity contribution in [3.63, 3.8) is 0 Å². The van der Waals surface area contributed by atoms with Gasteiger partial charge in [0.05, 0.1) is 16.1 Å². The quantitative estimate of drug-likeness (QED) is 0.463. The van der Waals surface area contributed by atoms with Crippen LogP contribution in [0.5, 0.6) is 0 Å². The molecule has 1 fully saturated rings. The summed E-state index contributed by atoms with van der Waals surface area (Å²) in [5.74, 6) is 0.0317. The Bertz CT molecular complexity index is 1430. The standard InChI is InChI=1S/C25H22F3N5O3S/c26-25(27,28)37(35,36)20-10-6-18(7-11-20)17-4-8-19(9-5-17)31-23(34)33-24(13-2-1-3-14-24)21-12-15-30-22(16-29)32-21/h4-12,15H,1-3,13-14H2,(H2,31,33,34). The minimum absolute atomic E-state index is 0.0317. The Morgan fingerprint density at radius 1 is 0.946 bits per heavy atom. The zero-order valence-corrected chi connectivity index (χ0v) is 20.2. The molecule has 1 aliphatic rings. The number of benzene rings is 2. The Hall–Kier alpha value is -3.98.